The van der Waals surface area contributed by atoms with Crippen LogP contribution in [0.5, 0.6) is 0 Å². The van der Waals surface area contributed by atoms with Crippen LogP contribution in [0, 0.1) is 6.92 Å². The summed E-state index contributed by atoms with van der Waals surface area (Å²) in [5, 5.41) is 13.6. The average molecular weight is 322 g/mol. The Morgan fingerprint density at radius 2 is 2.10 bits per heavy atom. The molecule has 0 saturated carbocycles. The summed E-state index contributed by atoms with van der Waals surface area (Å²) in [5.74, 6) is -1.38. The average Bonchev–Trinajstić information content (AvgIpc) is 2.88. The number of aliphatic carboxylic acids is 1. The maximum Gasteiger partial charge on any atom is 0.328 e. The van der Waals surface area contributed by atoms with Gasteiger partial charge in [-0.3, -0.25) is 4.79 Å². The van der Waals surface area contributed by atoms with Gasteiger partial charge in [-0.1, -0.05) is 17.7 Å². The molecule has 21 heavy (non-hydrogen) atoms. The van der Waals surface area contributed by atoms with E-state index in [9.17, 15) is 9.59 Å². The minimum atomic E-state index is -1.06. The van der Waals surface area contributed by atoms with Crippen molar-refractivity contribution in [3.05, 3.63) is 56.7 Å². The first-order valence-corrected chi connectivity index (χ1v) is 7.29. The van der Waals surface area contributed by atoms with Crippen molar-refractivity contribution in [1.29, 1.82) is 0 Å². The molecule has 0 aliphatic rings. The highest BCUT2D eigenvalue weighted by Crippen LogP contribution is 2.25. The molecule has 1 aromatic heterocycles. The molecule has 108 valence electrons. The number of nitrogens with one attached hydrogen (secondary N) is 1. The zero-order valence-electron chi connectivity index (χ0n) is 11.1. The van der Waals surface area contributed by atoms with Crippen molar-refractivity contribution in [3.63, 3.8) is 0 Å². The van der Waals surface area contributed by atoms with Gasteiger partial charge in [-0.25, -0.2) is 4.79 Å². The number of carboxylic acid groups (broad SMARTS) is 1. The van der Waals surface area contributed by atoms with E-state index in [1.54, 1.807) is 23.6 Å². The number of benzene rings is 1. The summed E-state index contributed by atoms with van der Waals surface area (Å²) in [4.78, 5) is 23.2. The van der Waals surface area contributed by atoms with Crippen LogP contribution in [0.2, 0.25) is 5.02 Å². The molecule has 0 unspecified atom stereocenters. The van der Waals surface area contributed by atoms with E-state index in [0.717, 1.165) is 11.6 Å². The number of carboxylic acids is 1. The Balaban J connectivity index is 2.21. The largest absolute Gasteiger partial charge is 0.478 e. The monoisotopic (exact) mass is 321 g/mol. The zero-order valence-corrected chi connectivity index (χ0v) is 12.7. The van der Waals surface area contributed by atoms with E-state index < -0.39 is 5.97 Å². The van der Waals surface area contributed by atoms with Crippen LogP contribution in [0.3, 0.4) is 0 Å². The molecule has 2 N–H and O–H groups in total. The number of aryl methyl sites for hydroxylation is 1. The topological polar surface area (TPSA) is 66.4 Å². The van der Waals surface area contributed by atoms with E-state index in [-0.39, 0.29) is 5.91 Å². The summed E-state index contributed by atoms with van der Waals surface area (Å²) >= 11 is 7.31. The summed E-state index contributed by atoms with van der Waals surface area (Å²) < 4.78 is 0. The first kappa shape index (κ1) is 15.3. The maximum absolute atomic E-state index is 12.2. The van der Waals surface area contributed by atoms with Crippen LogP contribution >= 0.6 is 22.9 Å². The van der Waals surface area contributed by atoms with Gasteiger partial charge in [0.2, 0.25) is 0 Å². The lowest BCUT2D eigenvalue weighted by molar-refractivity contribution is -0.131. The maximum atomic E-state index is 12.2. The Hall–Kier alpha value is -2.11. The van der Waals surface area contributed by atoms with Crippen LogP contribution in [0.1, 0.15) is 20.8 Å². The number of amides is 1. The van der Waals surface area contributed by atoms with E-state index in [1.165, 1.54) is 17.4 Å². The predicted molar refractivity (Wildman–Crippen MR) is 85.1 cm³/mol. The molecule has 0 atom stereocenters. The van der Waals surface area contributed by atoms with E-state index in [1.807, 2.05) is 13.0 Å². The van der Waals surface area contributed by atoms with Crippen molar-refractivity contribution in [2.24, 2.45) is 0 Å². The summed E-state index contributed by atoms with van der Waals surface area (Å²) in [7, 11) is 0. The minimum Gasteiger partial charge on any atom is -0.478 e. The van der Waals surface area contributed by atoms with Crippen LogP contribution in [0.4, 0.5) is 5.69 Å². The number of carbonyl (C=O) groups is 2. The standard InChI is InChI=1S/C15H12ClNO3S/c1-9-2-4-12(11(16)8-9)17-15(20)14-10(6-7-21-14)3-5-13(18)19/h2-8H,1H3,(H,17,20)(H,18,19). The fourth-order valence-electron chi connectivity index (χ4n) is 1.70. The Morgan fingerprint density at radius 1 is 1.33 bits per heavy atom. The van der Waals surface area contributed by atoms with Crippen LogP contribution in [0.25, 0.3) is 6.08 Å². The summed E-state index contributed by atoms with van der Waals surface area (Å²) in [5.41, 5.74) is 2.08. The quantitative estimate of drug-likeness (QED) is 0.834. The van der Waals surface area contributed by atoms with Crippen molar-refractivity contribution in [1.82, 2.24) is 0 Å². The molecule has 0 bridgehead atoms. The van der Waals surface area contributed by atoms with Gasteiger partial charge in [-0.05, 0) is 47.7 Å². The van der Waals surface area contributed by atoms with Gasteiger partial charge >= 0.3 is 5.97 Å². The fraction of sp³-hybridized carbons (Fsp3) is 0.0667. The first-order valence-electron chi connectivity index (χ1n) is 6.03. The van der Waals surface area contributed by atoms with Crippen LogP contribution < -0.4 is 5.32 Å². The second kappa shape index (κ2) is 6.56. The normalized spacial score (nSPS) is 10.8. The zero-order chi connectivity index (χ0) is 15.4. The third kappa shape index (κ3) is 3.93. The Labute approximate surface area is 130 Å². The summed E-state index contributed by atoms with van der Waals surface area (Å²) in [6, 6.07) is 7.03. The third-order valence-corrected chi connectivity index (χ3v) is 3.92. The lowest BCUT2D eigenvalue weighted by atomic mass is 10.2. The Bertz CT molecular complexity index is 721. The van der Waals surface area contributed by atoms with Crippen LogP contribution in [0.15, 0.2) is 35.7 Å². The number of hydrogen-bond donors (Lipinski definition) is 2. The molecular formula is C15H12ClNO3S. The molecule has 0 spiro atoms. The Kier molecular flexibility index (Phi) is 4.77. The van der Waals surface area contributed by atoms with Gasteiger partial charge in [-0.15, -0.1) is 11.3 Å². The molecule has 0 fully saturated rings. The van der Waals surface area contributed by atoms with Gasteiger partial charge < -0.3 is 10.4 Å². The molecule has 0 radical (unpaired) electrons. The number of hydrogen-bond acceptors (Lipinski definition) is 3. The molecule has 2 rings (SSSR count). The number of halogens is 1. The van der Waals surface area contributed by atoms with Crippen molar-refractivity contribution >= 4 is 46.6 Å². The van der Waals surface area contributed by atoms with Gasteiger partial charge in [0.05, 0.1) is 15.6 Å². The van der Waals surface area contributed by atoms with Gasteiger partial charge in [0.15, 0.2) is 0 Å². The van der Waals surface area contributed by atoms with Crippen molar-refractivity contribution in [3.8, 4) is 0 Å². The number of thiophene rings is 1. The number of anilines is 1. The first-order chi connectivity index (χ1) is 9.97. The van der Waals surface area contributed by atoms with Crippen LogP contribution in [-0.2, 0) is 4.79 Å². The number of rotatable bonds is 4. The van der Waals surface area contributed by atoms with Gasteiger partial charge in [-0.2, -0.15) is 0 Å². The predicted octanol–water partition coefficient (Wildman–Crippen LogP) is 4.06. The highest BCUT2D eigenvalue weighted by atomic mass is 35.5. The van der Waals surface area contributed by atoms with Gasteiger partial charge in [0.1, 0.15) is 0 Å². The van der Waals surface area contributed by atoms with Crippen LogP contribution in [-0.4, -0.2) is 17.0 Å². The van der Waals surface area contributed by atoms with E-state index in [2.05, 4.69) is 5.32 Å². The lowest BCUT2D eigenvalue weighted by Crippen LogP contribution is -2.11. The van der Waals surface area contributed by atoms with Crippen molar-refractivity contribution in [2.45, 2.75) is 6.92 Å². The number of carbonyl (C=O) groups excluding carboxylic acids is 1. The highest BCUT2D eigenvalue weighted by molar-refractivity contribution is 7.12. The SMILES string of the molecule is Cc1ccc(NC(=O)c2sccc2C=CC(=O)O)c(Cl)c1. The summed E-state index contributed by atoms with van der Waals surface area (Å²) in [6.45, 7) is 1.91. The molecule has 2 aromatic rings. The molecule has 0 aliphatic heterocycles. The van der Waals surface area contributed by atoms with E-state index in [4.69, 9.17) is 16.7 Å². The van der Waals surface area contributed by atoms with Gasteiger partial charge in [0, 0.05) is 6.08 Å². The molecule has 1 heterocycles. The van der Waals surface area contributed by atoms with Crippen molar-refractivity contribution in [2.75, 3.05) is 5.32 Å². The summed E-state index contributed by atoms with van der Waals surface area (Å²) in [6.07, 6.45) is 2.39. The lowest BCUT2D eigenvalue weighted by Gasteiger charge is -2.07. The second-order valence-corrected chi connectivity index (χ2v) is 5.64. The molecule has 1 aromatic carbocycles. The molecule has 4 nitrogen and oxygen atoms in total. The smallest absolute Gasteiger partial charge is 0.328 e. The van der Waals surface area contributed by atoms with E-state index >= 15 is 0 Å². The van der Waals surface area contributed by atoms with Gasteiger partial charge in [0.25, 0.3) is 5.91 Å². The van der Waals surface area contributed by atoms with Crippen molar-refractivity contribution < 1.29 is 14.7 Å². The minimum absolute atomic E-state index is 0.319. The third-order valence-electron chi connectivity index (χ3n) is 2.68. The fourth-order valence-corrected chi connectivity index (χ4v) is 2.76. The second-order valence-electron chi connectivity index (χ2n) is 4.31. The molecular weight excluding hydrogens is 310 g/mol. The molecule has 1 amide bonds. The molecule has 6 heteroatoms. The van der Waals surface area contributed by atoms with E-state index in [0.29, 0.717) is 21.2 Å². The highest BCUT2D eigenvalue weighted by Gasteiger charge is 2.13. The Morgan fingerprint density at radius 3 is 2.76 bits per heavy atom. The molecule has 0 saturated heterocycles. The molecule has 0 aliphatic carbocycles.